The van der Waals surface area contributed by atoms with Gasteiger partial charge in [0.2, 0.25) is 10.0 Å². The molecule has 0 amide bonds. The summed E-state index contributed by atoms with van der Waals surface area (Å²) >= 11 is 7.30. The van der Waals surface area contributed by atoms with Crippen molar-refractivity contribution in [2.45, 2.75) is 44.0 Å². The quantitative estimate of drug-likeness (QED) is 0.224. The van der Waals surface area contributed by atoms with Crippen molar-refractivity contribution >= 4 is 56.3 Å². The van der Waals surface area contributed by atoms with E-state index in [9.17, 15) is 27.5 Å². The van der Waals surface area contributed by atoms with Gasteiger partial charge in [-0.15, -0.1) is 11.3 Å². The van der Waals surface area contributed by atoms with E-state index in [-0.39, 0.29) is 39.5 Å². The van der Waals surface area contributed by atoms with Gasteiger partial charge in [0.25, 0.3) is 0 Å². The number of aromatic carboxylic acids is 1. The number of nitrogens with one attached hydrogen (secondary N) is 1. The topological polar surface area (TPSA) is 159 Å². The number of hydrogen-bond donors (Lipinski definition) is 4. The van der Waals surface area contributed by atoms with Gasteiger partial charge < -0.3 is 26.0 Å². The van der Waals surface area contributed by atoms with Gasteiger partial charge in [0.15, 0.2) is 17.2 Å². The zero-order chi connectivity index (χ0) is 30.1. The summed E-state index contributed by atoms with van der Waals surface area (Å²) in [5.41, 5.74) is 6.57. The molecule has 0 saturated carbocycles. The number of benzene rings is 2. The van der Waals surface area contributed by atoms with E-state index >= 15 is 0 Å². The molecule has 0 aliphatic carbocycles. The van der Waals surface area contributed by atoms with Gasteiger partial charge in [0, 0.05) is 35.1 Å². The third-order valence-corrected chi connectivity index (χ3v) is 10.4. The number of carboxylic acids is 2. The molecule has 2 aromatic carbocycles. The summed E-state index contributed by atoms with van der Waals surface area (Å²) in [6, 6.07) is 10.9. The molecular formula is C27H29ClFN3O7S2. The average Bonchev–Trinajstić information content (AvgIpc) is 3.20. The van der Waals surface area contributed by atoms with E-state index in [1.165, 1.54) is 16.4 Å². The van der Waals surface area contributed by atoms with E-state index in [0.717, 1.165) is 17.4 Å². The van der Waals surface area contributed by atoms with E-state index in [1.807, 2.05) is 19.9 Å². The summed E-state index contributed by atoms with van der Waals surface area (Å²) in [5, 5.41) is 21.9. The minimum atomic E-state index is -3.85. The highest BCUT2D eigenvalue weighted by molar-refractivity contribution is 7.88. The number of anilines is 2. The van der Waals surface area contributed by atoms with E-state index in [0.29, 0.717) is 29.0 Å². The van der Waals surface area contributed by atoms with Crippen LogP contribution >= 0.6 is 22.9 Å². The Morgan fingerprint density at radius 3 is 2.63 bits per heavy atom. The number of carbonyl (C=O) groups is 2. The van der Waals surface area contributed by atoms with Gasteiger partial charge in [-0.05, 0) is 62.6 Å². The van der Waals surface area contributed by atoms with Crippen molar-refractivity contribution in [1.29, 1.82) is 0 Å². The molecule has 4 rings (SSSR count). The van der Waals surface area contributed by atoms with Crippen LogP contribution in [-0.2, 0) is 20.6 Å². The number of halogens is 2. The summed E-state index contributed by atoms with van der Waals surface area (Å²) in [7, 11) is -3.85. The van der Waals surface area contributed by atoms with Crippen LogP contribution in [0.3, 0.4) is 0 Å². The molecule has 1 atom stereocenters. The molecule has 220 valence electrons. The van der Waals surface area contributed by atoms with Crippen LogP contribution in [0.1, 0.15) is 41.9 Å². The smallest absolute Gasteiger partial charge is 0.349 e. The van der Waals surface area contributed by atoms with Crippen LogP contribution in [0, 0.1) is 5.82 Å². The van der Waals surface area contributed by atoms with Crippen molar-refractivity contribution in [2.24, 2.45) is 0 Å². The van der Waals surface area contributed by atoms with E-state index < -0.39 is 45.7 Å². The average molecular weight is 626 g/mol. The number of rotatable bonds is 10. The lowest BCUT2D eigenvalue weighted by Crippen LogP contribution is -2.55. The van der Waals surface area contributed by atoms with Gasteiger partial charge in [-0.3, -0.25) is 0 Å². The molecule has 1 aliphatic rings. The van der Waals surface area contributed by atoms with Gasteiger partial charge in [0.05, 0.1) is 10.6 Å². The molecule has 0 spiro atoms. The highest BCUT2D eigenvalue weighted by atomic mass is 35.5. The molecule has 1 aromatic heterocycles. The monoisotopic (exact) mass is 625 g/mol. The Labute approximate surface area is 245 Å². The van der Waals surface area contributed by atoms with Gasteiger partial charge >= 0.3 is 11.9 Å². The molecule has 10 nitrogen and oxygen atoms in total. The fourth-order valence-corrected chi connectivity index (χ4v) is 8.36. The van der Waals surface area contributed by atoms with Gasteiger partial charge in [-0.2, -0.15) is 4.31 Å². The Morgan fingerprint density at radius 2 is 1.98 bits per heavy atom. The third-order valence-electron chi connectivity index (χ3n) is 6.68. The van der Waals surface area contributed by atoms with Gasteiger partial charge in [-0.25, -0.2) is 22.4 Å². The lowest BCUT2D eigenvalue weighted by Gasteiger charge is -2.45. The fraction of sp³-hybridized carbons (Fsp3) is 0.333. The zero-order valence-electron chi connectivity index (χ0n) is 22.2. The Balaban J connectivity index is 1.50. The predicted octanol–water partition coefficient (Wildman–Crippen LogP) is 5.14. The van der Waals surface area contributed by atoms with Crippen LogP contribution < -0.4 is 15.8 Å². The number of nitrogens with two attached hydrogens (primary N) is 1. The summed E-state index contributed by atoms with van der Waals surface area (Å²) in [5.74, 6) is -3.88. The second-order valence-corrected chi connectivity index (χ2v) is 13.6. The van der Waals surface area contributed by atoms with Crippen LogP contribution in [0.4, 0.5) is 15.8 Å². The maximum absolute atomic E-state index is 14.3. The molecule has 0 bridgehead atoms. The first kappa shape index (κ1) is 30.6. The largest absolute Gasteiger partial charge is 0.479 e. The SMILES string of the molecule is CC1(C)C[C@H](Nc2cccc(-c3sc(C(=O)O)c(OCC(=O)O)c3Cl)c2)CCN1S(=O)(=O)Cc1cc(N)ccc1F. The number of hydrogen-bond acceptors (Lipinski definition) is 8. The second-order valence-electron chi connectivity index (χ2n) is 10.3. The number of ether oxygens (including phenoxy) is 1. The molecule has 3 aromatic rings. The number of piperidine rings is 1. The van der Waals surface area contributed by atoms with Gasteiger partial charge in [0.1, 0.15) is 10.8 Å². The van der Waals surface area contributed by atoms with Crippen molar-refractivity contribution in [3.05, 3.63) is 63.7 Å². The highest BCUT2D eigenvalue weighted by Crippen LogP contribution is 2.46. The van der Waals surface area contributed by atoms with E-state index in [4.69, 9.17) is 27.2 Å². The molecule has 1 aliphatic heterocycles. The lowest BCUT2D eigenvalue weighted by atomic mass is 9.89. The Bertz CT molecular complexity index is 1590. The van der Waals surface area contributed by atoms with E-state index in [1.54, 1.807) is 18.2 Å². The second kappa shape index (κ2) is 11.8. The molecule has 5 N–H and O–H groups in total. The number of thiophene rings is 1. The fourth-order valence-electron chi connectivity index (χ4n) is 4.97. The van der Waals surface area contributed by atoms with Crippen molar-refractivity contribution in [2.75, 3.05) is 24.2 Å². The van der Waals surface area contributed by atoms with Crippen LogP contribution in [-0.4, -0.2) is 59.6 Å². The van der Waals surface area contributed by atoms with Crippen molar-refractivity contribution in [1.82, 2.24) is 4.31 Å². The predicted molar refractivity (Wildman–Crippen MR) is 156 cm³/mol. The summed E-state index contributed by atoms with van der Waals surface area (Å²) in [4.78, 5) is 22.8. The van der Waals surface area contributed by atoms with Crippen LogP contribution in [0.2, 0.25) is 5.02 Å². The Morgan fingerprint density at radius 1 is 1.24 bits per heavy atom. The maximum atomic E-state index is 14.3. The molecule has 41 heavy (non-hydrogen) atoms. The molecule has 0 unspecified atom stereocenters. The highest BCUT2D eigenvalue weighted by Gasteiger charge is 2.41. The number of nitrogen functional groups attached to an aromatic ring is 1. The van der Waals surface area contributed by atoms with Crippen molar-refractivity contribution in [3.8, 4) is 16.2 Å². The zero-order valence-corrected chi connectivity index (χ0v) is 24.6. The molecule has 2 heterocycles. The minimum Gasteiger partial charge on any atom is -0.479 e. The number of nitrogens with zero attached hydrogens (tertiary/aromatic N) is 1. The summed E-state index contributed by atoms with van der Waals surface area (Å²) in [6.45, 7) is 3.13. The standard InChI is InChI=1S/C27H29ClFN3O7S2/c1-27(2)12-19(8-9-32(27)41(37,38)14-16-10-17(30)6-7-20(16)29)31-18-5-3-4-15(11-18)24-22(28)23(39-13-21(33)34)25(40-24)26(35)36/h3-7,10-11,19,31H,8-9,12-14,30H2,1-2H3,(H,33,34)(H,35,36)/t19-/m1/s1. The minimum absolute atomic E-state index is 0.00190. The lowest BCUT2D eigenvalue weighted by molar-refractivity contribution is -0.139. The third kappa shape index (κ3) is 6.92. The van der Waals surface area contributed by atoms with Crippen LogP contribution in [0.25, 0.3) is 10.4 Å². The van der Waals surface area contributed by atoms with Gasteiger partial charge in [-0.1, -0.05) is 23.7 Å². The first-order valence-corrected chi connectivity index (χ1v) is 15.3. The molecule has 0 radical (unpaired) electrons. The Kier molecular flexibility index (Phi) is 8.83. The first-order chi connectivity index (χ1) is 19.2. The normalized spacial score (nSPS) is 17.2. The van der Waals surface area contributed by atoms with E-state index in [2.05, 4.69) is 5.32 Å². The molecular weight excluding hydrogens is 597 g/mol. The van der Waals surface area contributed by atoms with Crippen LogP contribution in [0.5, 0.6) is 5.75 Å². The maximum Gasteiger partial charge on any atom is 0.349 e. The number of sulfonamides is 1. The molecule has 1 saturated heterocycles. The summed E-state index contributed by atoms with van der Waals surface area (Å²) in [6.07, 6.45) is 0.953. The number of carboxylic acid groups (broad SMARTS) is 2. The molecule has 14 heteroatoms. The van der Waals surface area contributed by atoms with Crippen molar-refractivity contribution in [3.63, 3.8) is 0 Å². The number of aliphatic carboxylic acids is 1. The Hall–Kier alpha value is -3.39. The van der Waals surface area contributed by atoms with Crippen molar-refractivity contribution < 1.29 is 37.3 Å². The summed E-state index contributed by atoms with van der Waals surface area (Å²) < 4.78 is 47.4. The van der Waals surface area contributed by atoms with Crippen LogP contribution in [0.15, 0.2) is 42.5 Å². The molecule has 1 fully saturated rings. The first-order valence-electron chi connectivity index (χ1n) is 12.5.